The van der Waals surface area contributed by atoms with Crippen molar-refractivity contribution in [1.82, 2.24) is 5.32 Å². The Kier molecular flexibility index (Phi) is 7.60. The van der Waals surface area contributed by atoms with E-state index in [-0.39, 0.29) is 11.6 Å². The number of anilines is 1. The summed E-state index contributed by atoms with van der Waals surface area (Å²) in [5, 5.41) is 16.5. The van der Waals surface area contributed by atoms with Gasteiger partial charge in [-0.1, -0.05) is 6.42 Å². The SMILES string of the molecule is CNc1ccc(C(=O)NCCCCCSC)cc1[N+](=O)[O-]. The predicted octanol–water partition coefficient (Wildman–Crippen LogP) is 2.90. The predicted molar refractivity (Wildman–Crippen MR) is 87.2 cm³/mol. The molecule has 1 amide bonds. The summed E-state index contributed by atoms with van der Waals surface area (Å²) in [6.45, 7) is 0.592. The molecular formula is C14H21N3O3S. The van der Waals surface area contributed by atoms with E-state index < -0.39 is 4.92 Å². The van der Waals surface area contributed by atoms with Crippen LogP contribution in [0.1, 0.15) is 29.6 Å². The number of nitrogens with one attached hydrogen (secondary N) is 2. The van der Waals surface area contributed by atoms with Crippen LogP contribution in [0.3, 0.4) is 0 Å². The van der Waals surface area contributed by atoms with Crippen molar-refractivity contribution in [1.29, 1.82) is 0 Å². The van der Waals surface area contributed by atoms with Gasteiger partial charge in [-0.2, -0.15) is 11.8 Å². The number of nitrogens with zero attached hydrogens (tertiary/aromatic N) is 1. The lowest BCUT2D eigenvalue weighted by Crippen LogP contribution is -2.24. The molecule has 0 atom stereocenters. The molecule has 0 aliphatic rings. The number of nitro benzene ring substituents is 1. The van der Waals surface area contributed by atoms with Gasteiger partial charge in [-0.25, -0.2) is 0 Å². The highest BCUT2D eigenvalue weighted by atomic mass is 32.2. The molecular weight excluding hydrogens is 290 g/mol. The third kappa shape index (κ3) is 5.63. The van der Waals surface area contributed by atoms with E-state index in [9.17, 15) is 14.9 Å². The van der Waals surface area contributed by atoms with Crippen molar-refractivity contribution in [3.63, 3.8) is 0 Å². The molecule has 0 heterocycles. The van der Waals surface area contributed by atoms with E-state index in [1.807, 2.05) is 11.8 Å². The Morgan fingerprint density at radius 1 is 1.33 bits per heavy atom. The zero-order valence-corrected chi connectivity index (χ0v) is 13.2. The fourth-order valence-electron chi connectivity index (χ4n) is 1.89. The summed E-state index contributed by atoms with van der Waals surface area (Å²) >= 11 is 1.81. The van der Waals surface area contributed by atoms with Gasteiger partial charge in [0.2, 0.25) is 0 Å². The number of amides is 1. The molecule has 1 aromatic carbocycles. The highest BCUT2D eigenvalue weighted by Gasteiger charge is 2.16. The molecule has 0 aliphatic heterocycles. The van der Waals surface area contributed by atoms with Crippen LogP contribution in [-0.4, -0.2) is 36.4 Å². The number of carbonyl (C=O) groups is 1. The highest BCUT2D eigenvalue weighted by Crippen LogP contribution is 2.24. The molecule has 1 aromatic rings. The van der Waals surface area contributed by atoms with Crippen LogP contribution in [0, 0.1) is 10.1 Å². The zero-order chi connectivity index (χ0) is 15.7. The molecule has 116 valence electrons. The Balaban J connectivity index is 2.54. The van der Waals surface area contributed by atoms with Crippen LogP contribution in [-0.2, 0) is 0 Å². The van der Waals surface area contributed by atoms with Gasteiger partial charge in [0.15, 0.2) is 0 Å². The van der Waals surface area contributed by atoms with Crippen molar-refractivity contribution in [3.05, 3.63) is 33.9 Å². The first-order valence-electron chi connectivity index (χ1n) is 6.83. The zero-order valence-electron chi connectivity index (χ0n) is 12.3. The molecule has 0 saturated carbocycles. The molecule has 0 aromatic heterocycles. The van der Waals surface area contributed by atoms with E-state index in [1.165, 1.54) is 6.07 Å². The largest absolute Gasteiger partial charge is 0.383 e. The Labute approximate surface area is 128 Å². The molecule has 0 bridgehead atoms. The van der Waals surface area contributed by atoms with Crippen LogP contribution < -0.4 is 10.6 Å². The minimum absolute atomic E-state index is 0.0925. The van der Waals surface area contributed by atoms with Crippen molar-refractivity contribution in [3.8, 4) is 0 Å². The van der Waals surface area contributed by atoms with Crippen molar-refractivity contribution in [2.75, 3.05) is 30.9 Å². The standard InChI is InChI=1S/C14H21N3O3S/c1-15-12-7-6-11(10-13(12)17(19)20)14(18)16-8-4-3-5-9-21-2/h6-7,10,15H,3-5,8-9H2,1-2H3,(H,16,18). The first-order valence-corrected chi connectivity index (χ1v) is 8.23. The lowest BCUT2D eigenvalue weighted by Gasteiger charge is -2.07. The summed E-state index contributed by atoms with van der Waals surface area (Å²) in [6.07, 6.45) is 5.20. The second-order valence-electron chi connectivity index (χ2n) is 4.55. The van der Waals surface area contributed by atoms with Gasteiger partial charge in [0, 0.05) is 25.2 Å². The first-order chi connectivity index (χ1) is 10.1. The topological polar surface area (TPSA) is 84.3 Å². The molecule has 2 N–H and O–H groups in total. The van der Waals surface area contributed by atoms with Crippen LogP contribution in [0.4, 0.5) is 11.4 Å². The van der Waals surface area contributed by atoms with Crippen LogP contribution in [0.5, 0.6) is 0 Å². The number of rotatable bonds is 9. The second kappa shape index (κ2) is 9.23. The number of hydrogen-bond donors (Lipinski definition) is 2. The molecule has 0 unspecified atom stereocenters. The van der Waals surface area contributed by atoms with E-state index in [0.29, 0.717) is 17.8 Å². The summed E-state index contributed by atoms with van der Waals surface area (Å²) in [4.78, 5) is 22.4. The summed E-state index contributed by atoms with van der Waals surface area (Å²) in [7, 11) is 1.61. The minimum Gasteiger partial charge on any atom is -0.383 e. The molecule has 0 saturated heterocycles. The van der Waals surface area contributed by atoms with Crippen molar-refractivity contribution in [2.45, 2.75) is 19.3 Å². The number of carbonyl (C=O) groups excluding carboxylic acids is 1. The minimum atomic E-state index is -0.495. The van der Waals surface area contributed by atoms with E-state index in [0.717, 1.165) is 25.0 Å². The summed E-state index contributed by atoms with van der Waals surface area (Å²) in [6, 6.07) is 4.43. The molecule has 1 rings (SSSR count). The number of benzene rings is 1. The van der Waals surface area contributed by atoms with Crippen molar-refractivity contribution < 1.29 is 9.72 Å². The first kappa shape index (κ1) is 17.3. The third-order valence-electron chi connectivity index (χ3n) is 3.04. The Hall–Kier alpha value is -1.76. The number of thioether (sulfide) groups is 1. The number of unbranched alkanes of at least 4 members (excludes halogenated alkanes) is 2. The quantitative estimate of drug-likeness (QED) is 0.416. The van der Waals surface area contributed by atoms with Gasteiger partial charge in [-0.05, 0) is 37.0 Å². The Morgan fingerprint density at radius 2 is 2.10 bits per heavy atom. The lowest BCUT2D eigenvalue weighted by atomic mass is 10.1. The Morgan fingerprint density at radius 3 is 2.71 bits per heavy atom. The lowest BCUT2D eigenvalue weighted by molar-refractivity contribution is -0.384. The molecule has 0 radical (unpaired) electrons. The van der Waals surface area contributed by atoms with E-state index in [4.69, 9.17) is 0 Å². The number of nitro groups is 1. The van der Waals surface area contributed by atoms with Gasteiger partial charge in [-0.15, -0.1) is 0 Å². The van der Waals surface area contributed by atoms with Gasteiger partial charge < -0.3 is 10.6 Å². The normalized spacial score (nSPS) is 10.2. The molecule has 0 aliphatic carbocycles. The van der Waals surface area contributed by atoms with Crippen LogP contribution in [0.15, 0.2) is 18.2 Å². The van der Waals surface area contributed by atoms with Crippen LogP contribution in [0.2, 0.25) is 0 Å². The van der Waals surface area contributed by atoms with Gasteiger partial charge in [0.25, 0.3) is 11.6 Å². The van der Waals surface area contributed by atoms with E-state index >= 15 is 0 Å². The average Bonchev–Trinajstić information content (AvgIpc) is 2.49. The van der Waals surface area contributed by atoms with Gasteiger partial charge in [0.1, 0.15) is 5.69 Å². The third-order valence-corrected chi connectivity index (χ3v) is 3.73. The summed E-state index contributed by atoms with van der Waals surface area (Å²) < 4.78 is 0. The highest BCUT2D eigenvalue weighted by molar-refractivity contribution is 7.98. The number of hydrogen-bond acceptors (Lipinski definition) is 5. The maximum atomic E-state index is 11.9. The van der Waals surface area contributed by atoms with Crippen LogP contribution in [0.25, 0.3) is 0 Å². The molecule has 0 fully saturated rings. The van der Waals surface area contributed by atoms with Gasteiger partial charge >= 0.3 is 0 Å². The molecule has 21 heavy (non-hydrogen) atoms. The monoisotopic (exact) mass is 311 g/mol. The van der Waals surface area contributed by atoms with E-state index in [1.54, 1.807) is 19.2 Å². The van der Waals surface area contributed by atoms with Crippen LogP contribution >= 0.6 is 11.8 Å². The van der Waals surface area contributed by atoms with Gasteiger partial charge in [0.05, 0.1) is 4.92 Å². The average molecular weight is 311 g/mol. The maximum Gasteiger partial charge on any atom is 0.293 e. The smallest absolute Gasteiger partial charge is 0.293 e. The fourth-order valence-corrected chi connectivity index (χ4v) is 2.38. The van der Waals surface area contributed by atoms with E-state index in [2.05, 4.69) is 16.9 Å². The molecule has 7 heteroatoms. The van der Waals surface area contributed by atoms with Gasteiger partial charge in [-0.3, -0.25) is 14.9 Å². The van der Waals surface area contributed by atoms with Crippen molar-refractivity contribution >= 4 is 29.0 Å². The van der Waals surface area contributed by atoms with Crippen molar-refractivity contribution in [2.24, 2.45) is 0 Å². The second-order valence-corrected chi connectivity index (χ2v) is 5.53. The Bertz CT molecular complexity index is 494. The molecule has 0 spiro atoms. The molecule has 6 nitrogen and oxygen atoms in total. The summed E-state index contributed by atoms with van der Waals surface area (Å²) in [5.41, 5.74) is 0.614. The fraction of sp³-hybridized carbons (Fsp3) is 0.500. The summed E-state index contributed by atoms with van der Waals surface area (Å²) in [5.74, 6) is 0.858. The maximum absolute atomic E-state index is 11.9.